The SMILES string of the molecule is COCCOc1cnc2ccc(-c3cnc(OC)c(NS(=O)(=O)c4ccc(Cl)cc4Cl)c3)cn2c1=O. The van der Waals surface area contributed by atoms with E-state index in [1.54, 1.807) is 18.3 Å². The fourth-order valence-electron chi connectivity index (χ4n) is 3.30. The molecule has 0 bridgehead atoms. The molecule has 0 fully saturated rings. The average Bonchev–Trinajstić information content (AvgIpc) is 2.85. The molecule has 4 rings (SSSR count). The van der Waals surface area contributed by atoms with Gasteiger partial charge in [0.15, 0.2) is 0 Å². The number of nitrogens with zero attached hydrogens (tertiary/aromatic N) is 3. The second-order valence-corrected chi connectivity index (χ2v) is 9.87. The maximum atomic E-state index is 13.0. The van der Waals surface area contributed by atoms with Crippen molar-refractivity contribution in [2.45, 2.75) is 4.90 Å². The molecule has 0 atom stereocenters. The van der Waals surface area contributed by atoms with Crippen LogP contribution in [0.15, 0.2) is 64.7 Å². The summed E-state index contributed by atoms with van der Waals surface area (Å²) in [4.78, 5) is 21.2. The number of sulfonamides is 1. The topological polar surface area (TPSA) is 121 Å². The highest BCUT2D eigenvalue weighted by Gasteiger charge is 2.21. The highest BCUT2D eigenvalue weighted by Crippen LogP contribution is 2.32. The van der Waals surface area contributed by atoms with Gasteiger partial charge in [-0.1, -0.05) is 23.2 Å². The number of benzene rings is 1. The number of fused-ring (bicyclic) bond motifs is 1. The summed E-state index contributed by atoms with van der Waals surface area (Å²) in [6, 6.07) is 8.96. The van der Waals surface area contributed by atoms with Crippen LogP contribution in [-0.4, -0.2) is 50.2 Å². The number of rotatable bonds is 9. The van der Waals surface area contributed by atoms with Gasteiger partial charge in [0.05, 0.1) is 24.9 Å². The maximum absolute atomic E-state index is 13.0. The van der Waals surface area contributed by atoms with E-state index in [-0.39, 0.29) is 33.8 Å². The Kier molecular flexibility index (Phi) is 7.65. The molecule has 0 amide bonds. The third kappa shape index (κ3) is 5.39. The van der Waals surface area contributed by atoms with Crippen LogP contribution in [0.5, 0.6) is 11.6 Å². The van der Waals surface area contributed by atoms with Crippen molar-refractivity contribution >= 4 is 44.6 Å². The standard InChI is InChI=1S/C23H20Cl2N4O6S/c1-33-7-8-35-19-12-26-21-6-3-14(13-29(21)23(19)30)15-9-18(22(34-2)27-11-15)28-36(31,32)20-5-4-16(24)10-17(20)25/h3-6,9-13,28H,7-8H2,1-2H3. The van der Waals surface area contributed by atoms with E-state index in [0.717, 1.165) is 0 Å². The lowest BCUT2D eigenvalue weighted by Crippen LogP contribution is -2.19. The Morgan fingerprint density at radius 1 is 1.00 bits per heavy atom. The molecule has 0 radical (unpaired) electrons. The lowest BCUT2D eigenvalue weighted by molar-refractivity contribution is 0.145. The van der Waals surface area contributed by atoms with E-state index >= 15 is 0 Å². The Morgan fingerprint density at radius 3 is 2.53 bits per heavy atom. The van der Waals surface area contributed by atoms with Gasteiger partial charge in [-0.25, -0.2) is 18.4 Å². The molecule has 1 N–H and O–H groups in total. The van der Waals surface area contributed by atoms with Crippen LogP contribution >= 0.6 is 23.2 Å². The van der Waals surface area contributed by atoms with Gasteiger partial charge >= 0.3 is 0 Å². The molecule has 1 aromatic carbocycles. The zero-order valence-corrected chi connectivity index (χ0v) is 21.4. The van der Waals surface area contributed by atoms with Gasteiger partial charge in [0.2, 0.25) is 11.6 Å². The number of pyridine rings is 2. The van der Waals surface area contributed by atoms with Crippen LogP contribution in [0.4, 0.5) is 5.69 Å². The summed E-state index contributed by atoms with van der Waals surface area (Å²) >= 11 is 12.0. The third-order valence-electron chi connectivity index (χ3n) is 5.02. The van der Waals surface area contributed by atoms with E-state index in [0.29, 0.717) is 28.4 Å². The number of aromatic nitrogens is 3. The number of ether oxygens (including phenoxy) is 3. The van der Waals surface area contributed by atoms with Crippen molar-refractivity contribution in [1.82, 2.24) is 14.4 Å². The Labute approximate surface area is 216 Å². The maximum Gasteiger partial charge on any atom is 0.300 e. The van der Waals surface area contributed by atoms with E-state index in [9.17, 15) is 13.2 Å². The van der Waals surface area contributed by atoms with Crippen molar-refractivity contribution in [3.8, 4) is 22.8 Å². The normalized spacial score (nSPS) is 11.4. The van der Waals surface area contributed by atoms with Crippen molar-refractivity contribution in [2.75, 3.05) is 32.2 Å². The number of hydrogen-bond acceptors (Lipinski definition) is 8. The number of halogens is 2. The first-order chi connectivity index (χ1) is 17.2. The first kappa shape index (κ1) is 25.7. The van der Waals surface area contributed by atoms with Crippen molar-refractivity contribution in [3.63, 3.8) is 0 Å². The van der Waals surface area contributed by atoms with Crippen LogP contribution in [0.2, 0.25) is 10.0 Å². The molecule has 36 heavy (non-hydrogen) atoms. The van der Waals surface area contributed by atoms with Gasteiger partial charge < -0.3 is 14.2 Å². The highest BCUT2D eigenvalue weighted by atomic mass is 35.5. The largest absolute Gasteiger partial charge is 0.484 e. The average molecular weight is 551 g/mol. The molecule has 3 heterocycles. The second kappa shape index (κ2) is 10.7. The van der Waals surface area contributed by atoms with E-state index < -0.39 is 15.6 Å². The van der Waals surface area contributed by atoms with Gasteiger partial charge in [-0.05, 0) is 36.4 Å². The summed E-state index contributed by atoms with van der Waals surface area (Å²) in [5.74, 6) is 0.115. The Hall–Kier alpha value is -3.38. The summed E-state index contributed by atoms with van der Waals surface area (Å²) in [6.45, 7) is 0.516. The minimum Gasteiger partial charge on any atom is -0.484 e. The Balaban J connectivity index is 1.73. The molecule has 0 aliphatic heterocycles. The smallest absolute Gasteiger partial charge is 0.300 e. The van der Waals surface area contributed by atoms with Crippen LogP contribution < -0.4 is 19.8 Å². The first-order valence-corrected chi connectivity index (χ1v) is 12.6. The van der Waals surface area contributed by atoms with Crippen LogP contribution in [0.1, 0.15) is 0 Å². The number of methoxy groups -OCH3 is 2. The molecule has 0 saturated carbocycles. The minimum absolute atomic E-state index is 0.0389. The summed E-state index contributed by atoms with van der Waals surface area (Å²) in [7, 11) is -1.21. The summed E-state index contributed by atoms with van der Waals surface area (Å²) < 4.78 is 45.4. The van der Waals surface area contributed by atoms with E-state index in [4.69, 9.17) is 37.4 Å². The van der Waals surface area contributed by atoms with Crippen LogP contribution in [-0.2, 0) is 14.8 Å². The molecule has 4 aromatic rings. The number of hydrogen-bond donors (Lipinski definition) is 1. The van der Waals surface area contributed by atoms with E-state index in [2.05, 4.69) is 14.7 Å². The zero-order valence-electron chi connectivity index (χ0n) is 19.1. The zero-order chi connectivity index (χ0) is 25.9. The van der Waals surface area contributed by atoms with Gasteiger partial charge in [-0.2, -0.15) is 0 Å². The van der Waals surface area contributed by atoms with Gasteiger partial charge in [0, 0.05) is 35.7 Å². The predicted molar refractivity (Wildman–Crippen MR) is 136 cm³/mol. The van der Waals surface area contributed by atoms with Crippen LogP contribution in [0.25, 0.3) is 16.8 Å². The van der Waals surface area contributed by atoms with Crippen molar-refractivity contribution in [1.29, 1.82) is 0 Å². The quantitative estimate of drug-likeness (QED) is 0.311. The molecule has 13 heteroatoms. The van der Waals surface area contributed by atoms with Gasteiger partial charge in [0.25, 0.3) is 15.6 Å². The molecule has 3 aromatic heterocycles. The van der Waals surface area contributed by atoms with Gasteiger partial charge in [-0.15, -0.1) is 0 Å². The lowest BCUT2D eigenvalue weighted by Gasteiger charge is -2.14. The summed E-state index contributed by atoms with van der Waals surface area (Å²) in [5.41, 5.74) is 1.15. The molecule has 188 valence electrons. The Morgan fingerprint density at radius 2 is 1.81 bits per heavy atom. The summed E-state index contributed by atoms with van der Waals surface area (Å²) in [5, 5.41) is 0.261. The lowest BCUT2D eigenvalue weighted by atomic mass is 10.1. The van der Waals surface area contributed by atoms with Crippen molar-refractivity contribution in [3.05, 3.63) is 75.4 Å². The van der Waals surface area contributed by atoms with Crippen LogP contribution in [0, 0.1) is 0 Å². The Bertz CT molecular complexity index is 1590. The van der Waals surface area contributed by atoms with Crippen molar-refractivity contribution in [2.24, 2.45) is 0 Å². The molecule has 0 aliphatic rings. The van der Waals surface area contributed by atoms with Crippen LogP contribution in [0.3, 0.4) is 0 Å². The molecule has 0 saturated heterocycles. The fourth-order valence-corrected chi connectivity index (χ4v) is 5.12. The van der Waals surface area contributed by atoms with Gasteiger partial charge in [-0.3, -0.25) is 13.9 Å². The molecule has 10 nitrogen and oxygen atoms in total. The van der Waals surface area contributed by atoms with Crippen molar-refractivity contribution < 1.29 is 22.6 Å². The minimum atomic E-state index is -4.10. The first-order valence-electron chi connectivity index (χ1n) is 10.4. The van der Waals surface area contributed by atoms with E-state index in [1.165, 1.54) is 55.3 Å². The predicted octanol–water partition coefficient (Wildman–Crippen LogP) is 3.90. The monoisotopic (exact) mass is 550 g/mol. The molecular formula is C23H20Cl2N4O6S. The van der Waals surface area contributed by atoms with Gasteiger partial charge in [0.1, 0.15) is 22.8 Å². The fraction of sp³-hybridized carbons (Fsp3) is 0.174. The second-order valence-electron chi connectivity index (χ2n) is 7.38. The van der Waals surface area contributed by atoms with E-state index in [1.807, 2.05) is 0 Å². The number of nitrogens with one attached hydrogen (secondary N) is 1. The number of anilines is 1. The molecule has 0 aliphatic carbocycles. The summed E-state index contributed by atoms with van der Waals surface area (Å²) in [6.07, 6.45) is 4.41. The third-order valence-corrected chi connectivity index (χ3v) is 7.10. The molecular weight excluding hydrogens is 531 g/mol. The molecule has 0 spiro atoms. The highest BCUT2D eigenvalue weighted by molar-refractivity contribution is 7.92. The molecule has 0 unspecified atom stereocenters.